The lowest BCUT2D eigenvalue weighted by atomic mass is 10.1. The Kier molecular flexibility index (Phi) is 1.87. The van der Waals surface area contributed by atoms with Crippen molar-refractivity contribution in [2.75, 3.05) is 5.43 Å². The van der Waals surface area contributed by atoms with Gasteiger partial charge in [-0.05, 0) is 18.4 Å². The SMILES string of the molecule is Cc1c[nH+]cc2c(NN)cccc12. The summed E-state index contributed by atoms with van der Waals surface area (Å²) in [6, 6.07) is 6.03. The van der Waals surface area contributed by atoms with Crippen molar-refractivity contribution in [3.8, 4) is 0 Å². The van der Waals surface area contributed by atoms with E-state index in [1.165, 1.54) is 10.9 Å². The van der Waals surface area contributed by atoms with Crippen LogP contribution in [0.4, 0.5) is 5.69 Å². The van der Waals surface area contributed by atoms with Crippen LogP contribution in [-0.4, -0.2) is 0 Å². The third-order valence-corrected chi connectivity index (χ3v) is 2.21. The molecule has 0 radical (unpaired) electrons. The summed E-state index contributed by atoms with van der Waals surface area (Å²) in [7, 11) is 0. The molecule has 3 nitrogen and oxygen atoms in total. The fourth-order valence-electron chi connectivity index (χ4n) is 1.52. The highest BCUT2D eigenvalue weighted by Crippen LogP contribution is 2.22. The first-order chi connectivity index (χ1) is 6.33. The fourth-order valence-corrected chi connectivity index (χ4v) is 1.52. The van der Waals surface area contributed by atoms with E-state index in [0.29, 0.717) is 0 Å². The van der Waals surface area contributed by atoms with Crippen molar-refractivity contribution in [3.05, 3.63) is 36.2 Å². The number of hydrogen-bond acceptors (Lipinski definition) is 2. The van der Waals surface area contributed by atoms with E-state index in [4.69, 9.17) is 5.84 Å². The summed E-state index contributed by atoms with van der Waals surface area (Å²) < 4.78 is 0. The number of aryl methyl sites for hydroxylation is 1. The van der Waals surface area contributed by atoms with Crippen molar-refractivity contribution in [3.63, 3.8) is 0 Å². The van der Waals surface area contributed by atoms with Crippen LogP contribution in [-0.2, 0) is 0 Å². The molecule has 66 valence electrons. The number of nitrogens with two attached hydrogens (primary N) is 1. The Morgan fingerprint density at radius 3 is 2.85 bits per heavy atom. The summed E-state index contributed by atoms with van der Waals surface area (Å²) in [5.41, 5.74) is 4.84. The fraction of sp³-hybridized carbons (Fsp3) is 0.100. The predicted molar refractivity (Wildman–Crippen MR) is 53.1 cm³/mol. The molecule has 0 amide bonds. The number of benzene rings is 1. The lowest BCUT2D eigenvalue weighted by Gasteiger charge is -2.03. The summed E-state index contributed by atoms with van der Waals surface area (Å²) >= 11 is 0. The van der Waals surface area contributed by atoms with Crippen LogP contribution in [0.1, 0.15) is 5.56 Å². The zero-order valence-corrected chi connectivity index (χ0v) is 7.46. The van der Waals surface area contributed by atoms with E-state index in [2.05, 4.69) is 23.4 Å². The molecule has 2 rings (SSSR count). The molecule has 0 aliphatic heterocycles. The first kappa shape index (κ1) is 8.01. The Morgan fingerprint density at radius 1 is 1.23 bits per heavy atom. The molecule has 0 unspecified atom stereocenters. The molecule has 0 aliphatic carbocycles. The van der Waals surface area contributed by atoms with Crippen LogP contribution < -0.4 is 16.3 Å². The molecular formula is C10H12N3+. The van der Waals surface area contributed by atoms with Gasteiger partial charge in [0.1, 0.15) is 0 Å². The van der Waals surface area contributed by atoms with Gasteiger partial charge in [0.25, 0.3) is 0 Å². The van der Waals surface area contributed by atoms with E-state index in [0.717, 1.165) is 11.1 Å². The first-order valence-corrected chi connectivity index (χ1v) is 4.19. The number of hydrazine groups is 1. The molecule has 0 bridgehead atoms. The molecule has 3 heteroatoms. The lowest BCUT2D eigenvalue weighted by Crippen LogP contribution is -2.09. The molecule has 1 aromatic heterocycles. The molecule has 0 aliphatic rings. The van der Waals surface area contributed by atoms with Crippen molar-refractivity contribution in [2.24, 2.45) is 5.84 Å². The zero-order chi connectivity index (χ0) is 9.26. The Bertz CT molecular complexity index is 437. The smallest absolute Gasteiger partial charge is 0.177 e. The average Bonchev–Trinajstić information content (AvgIpc) is 2.18. The predicted octanol–water partition coefficient (Wildman–Crippen LogP) is 1.25. The number of fused-ring (bicyclic) bond motifs is 1. The highest BCUT2D eigenvalue weighted by atomic mass is 15.2. The Balaban J connectivity index is 2.84. The Morgan fingerprint density at radius 2 is 2.08 bits per heavy atom. The number of anilines is 1. The van der Waals surface area contributed by atoms with Crippen LogP contribution in [0.3, 0.4) is 0 Å². The second kappa shape index (κ2) is 3.03. The summed E-state index contributed by atoms with van der Waals surface area (Å²) in [6.07, 6.45) is 3.92. The maximum absolute atomic E-state index is 5.40. The number of pyridine rings is 1. The quantitative estimate of drug-likeness (QED) is 0.505. The average molecular weight is 174 g/mol. The van der Waals surface area contributed by atoms with Crippen LogP contribution in [0.5, 0.6) is 0 Å². The number of nitrogens with one attached hydrogen (secondary N) is 2. The van der Waals surface area contributed by atoms with Crippen LogP contribution in [0.25, 0.3) is 10.8 Å². The van der Waals surface area contributed by atoms with Crippen molar-refractivity contribution in [1.29, 1.82) is 0 Å². The number of H-pyrrole nitrogens is 1. The van der Waals surface area contributed by atoms with E-state index in [9.17, 15) is 0 Å². The Hall–Kier alpha value is -1.61. The molecule has 4 N–H and O–H groups in total. The lowest BCUT2D eigenvalue weighted by molar-refractivity contribution is -0.376. The summed E-state index contributed by atoms with van der Waals surface area (Å²) in [4.78, 5) is 3.08. The third-order valence-electron chi connectivity index (χ3n) is 2.21. The standard InChI is InChI=1S/C10H11N3/c1-7-5-12-6-9-8(7)3-2-4-10(9)13-11/h2-6,13H,11H2,1H3/p+1. The zero-order valence-electron chi connectivity index (χ0n) is 7.46. The van der Waals surface area contributed by atoms with Gasteiger partial charge in [-0.25, -0.2) is 4.98 Å². The highest BCUT2D eigenvalue weighted by molar-refractivity contribution is 5.94. The van der Waals surface area contributed by atoms with Gasteiger partial charge in [0, 0.05) is 5.56 Å². The van der Waals surface area contributed by atoms with Gasteiger partial charge in [-0.3, -0.25) is 5.84 Å². The number of aromatic nitrogens is 1. The topological polar surface area (TPSA) is 52.2 Å². The molecule has 0 atom stereocenters. The van der Waals surface area contributed by atoms with Gasteiger partial charge in [0.15, 0.2) is 12.4 Å². The molecule has 0 saturated heterocycles. The molecule has 0 saturated carbocycles. The van der Waals surface area contributed by atoms with E-state index in [1.54, 1.807) is 0 Å². The normalized spacial score (nSPS) is 10.3. The van der Waals surface area contributed by atoms with Gasteiger partial charge < -0.3 is 5.43 Å². The van der Waals surface area contributed by atoms with Crippen LogP contribution in [0.15, 0.2) is 30.6 Å². The molecule has 2 aromatic rings. The van der Waals surface area contributed by atoms with Crippen molar-refractivity contribution in [2.45, 2.75) is 6.92 Å². The van der Waals surface area contributed by atoms with Gasteiger partial charge in [-0.15, -0.1) is 0 Å². The Labute approximate surface area is 76.6 Å². The molecule has 13 heavy (non-hydrogen) atoms. The summed E-state index contributed by atoms with van der Waals surface area (Å²) in [5, 5.41) is 2.33. The number of hydrogen-bond donors (Lipinski definition) is 2. The van der Waals surface area contributed by atoms with Gasteiger partial charge in [-0.1, -0.05) is 12.1 Å². The van der Waals surface area contributed by atoms with E-state index < -0.39 is 0 Å². The van der Waals surface area contributed by atoms with E-state index in [-0.39, 0.29) is 0 Å². The van der Waals surface area contributed by atoms with Gasteiger partial charge in [0.05, 0.1) is 11.1 Å². The number of nitrogen functional groups attached to an aromatic ring is 1. The largest absolute Gasteiger partial charge is 0.323 e. The minimum Gasteiger partial charge on any atom is -0.323 e. The van der Waals surface area contributed by atoms with Gasteiger partial charge in [-0.2, -0.15) is 0 Å². The van der Waals surface area contributed by atoms with Gasteiger partial charge >= 0.3 is 0 Å². The van der Waals surface area contributed by atoms with Crippen molar-refractivity contribution in [1.82, 2.24) is 0 Å². The maximum atomic E-state index is 5.40. The molecular weight excluding hydrogens is 162 g/mol. The molecule has 0 spiro atoms. The number of aromatic amines is 1. The molecule has 1 heterocycles. The minimum atomic E-state index is 0.942. The molecule has 0 fully saturated rings. The van der Waals surface area contributed by atoms with Gasteiger partial charge in [0.2, 0.25) is 0 Å². The summed E-state index contributed by atoms with van der Waals surface area (Å²) in [6.45, 7) is 2.07. The first-order valence-electron chi connectivity index (χ1n) is 4.19. The maximum Gasteiger partial charge on any atom is 0.177 e. The minimum absolute atomic E-state index is 0.942. The monoisotopic (exact) mass is 174 g/mol. The van der Waals surface area contributed by atoms with E-state index in [1.807, 2.05) is 24.5 Å². The molecule has 1 aromatic carbocycles. The van der Waals surface area contributed by atoms with Crippen molar-refractivity contribution >= 4 is 16.5 Å². The van der Waals surface area contributed by atoms with E-state index >= 15 is 0 Å². The number of rotatable bonds is 1. The second-order valence-corrected chi connectivity index (χ2v) is 3.05. The third kappa shape index (κ3) is 1.23. The second-order valence-electron chi connectivity index (χ2n) is 3.05. The van der Waals surface area contributed by atoms with Crippen LogP contribution in [0, 0.1) is 6.92 Å². The summed E-state index contributed by atoms with van der Waals surface area (Å²) in [5.74, 6) is 5.40. The van der Waals surface area contributed by atoms with Crippen molar-refractivity contribution < 1.29 is 4.98 Å². The van der Waals surface area contributed by atoms with Crippen LogP contribution in [0.2, 0.25) is 0 Å². The van der Waals surface area contributed by atoms with Crippen LogP contribution >= 0.6 is 0 Å². The highest BCUT2D eigenvalue weighted by Gasteiger charge is 2.03.